The summed E-state index contributed by atoms with van der Waals surface area (Å²) in [5.74, 6) is -3.90. The summed E-state index contributed by atoms with van der Waals surface area (Å²) < 4.78 is 57.7. The van der Waals surface area contributed by atoms with Crippen molar-refractivity contribution < 1.29 is 37.0 Å². The lowest BCUT2D eigenvalue weighted by Crippen LogP contribution is -2.42. The lowest BCUT2D eigenvalue weighted by molar-refractivity contribution is -0.167. The molecule has 1 aromatic rings. The Kier molecular flexibility index (Phi) is 7.39. The van der Waals surface area contributed by atoms with Crippen molar-refractivity contribution >= 4 is 33.6 Å². The lowest BCUT2D eigenvalue weighted by atomic mass is 9.87. The second kappa shape index (κ2) is 9.09. The van der Waals surface area contributed by atoms with E-state index in [1.54, 1.807) is 20.8 Å². The molecule has 0 spiro atoms. The van der Waals surface area contributed by atoms with Gasteiger partial charge >= 0.3 is 18.2 Å². The molecule has 0 bridgehead atoms. The van der Waals surface area contributed by atoms with Gasteiger partial charge in [-0.25, -0.2) is 9.18 Å². The maximum Gasteiger partial charge on any atom is 0.471 e. The van der Waals surface area contributed by atoms with Crippen molar-refractivity contribution in [3.8, 4) is 0 Å². The SMILES string of the molecule is CC(C)(C)OC(=O)N1CCC(C(O)c2c(Br)ccc(NC(=O)C(F)(F)F)c2F)CC1. The molecule has 1 aliphatic heterocycles. The lowest BCUT2D eigenvalue weighted by Gasteiger charge is -2.35. The molecule has 6 nitrogen and oxygen atoms in total. The molecule has 1 fully saturated rings. The number of anilines is 1. The normalized spacial score (nSPS) is 16.9. The molecular formula is C19H23BrF4N2O4. The van der Waals surface area contributed by atoms with Crippen LogP contribution in [0.3, 0.4) is 0 Å². The molecule has 1 aromatic carbocycles. The number of hydrogen-bond donors (Lipinski definition) is 2. The topological polar surface area (TPSA) is 78.9 Å². The highest BCUT2D eigenvalue weighted by molar-refractivity contribution is 9.10. The highest BCUT2D eigenvalue weighted by Crippen LogP contribution is 2.38. The van der Waals surface area contributed by atoms with Gasteiger partial charge in [0.05, 0.1) is 11.8 Å². The molecule has 0 aliphatic carbocycles. The summed E-state index contributed by atoms with van der Waals surface area (Å²) in [4.78, 5) is 24.8. The van der Waals surface area contributed by atoms with E-state index in [-0.39, 0.29) is 23.1 Å². The molecule has 2 N–H and O–H groups in total. The molecule has 1 atom stereocenters. The maximum absolute atomic E-state index is 14.8. The van der Waals surface area contributed by atoms with E-state index in [2.05, 4.69) is 15.9 Å². The molecule has 30 heavy (non-hydrogen) atoms. The fourth-order valence-electron chi connectivity index (χ4n) is 3.09. The maximum atomic E-state index is 14.8. The van der Waals surface area contributed by atoms with Gasteiger partial charge in [-0.3, -0.25) is 4.79 Å². The number of carbonyl (C=O) groups excluding carboxylic acids is 2. The minimum atomic E-state index is -5.17. The molecular weight excluding hydrogens is 476 g/mol. The number of aliphatic hydroxyl groups is 1. The summed E-state index contributed by atoms with van der Waals surface area (Å²) in [7, 11) is 0. The van der Waals surface area contributed by atoms with Crippen LogP contribution in [-0.2, 0) is 9.53 Å². The highest BCUT2D eigenvalue weighted by atomic mass is 79.9. The van der Waals surface area contributed by atoms with Gasteiger partial charge in [0, 0.05) is 23.1 Å². The van der Waals surface area contributed by atoms with Crippen molar-refractivity contribution in [2.45, 2.75) is 51.5 Å². The van der Waals surface area contributed by atoms with Crippen molar-refractivity contribution in [3.05, 3.63) is 28.0 Å². The van der Waals surface area contributed by atoms with Crippen LogP contribution in [0.5, 0.6) is 0 Å². The molecule has 11 heteroatoms. The van der Waals surface area contributed by atoms with Gasteiger partial charge in [-0.2, -0.15) is 13.2 Å². The third-order valence-electron chi connectivity index (χ3n) is 4.57. The first kappa shape index (κ1) is 24.4. The number of ether oxygens (including phenoxy) is 1. The van der Waals surface area contributed by atoms with E-state index in [1.807, 2.05) is 0 Å². The van der Waals surface area contributed by atoms with Crippen molar-refractivity contribution in [2.75, 3.05) is 18.4 Å². The Morgan fingerprint density at radius 1 is 1.23 bits per heavy atom. The predicted octanol–water partition coefficient (Wildman–Crippen LogP) is 4.77. The van der Waals surface area contributed by atoms with E-state index < -0.39 is 47.3 Å². The largest absolute Gasteiger partial charge is 0.471 e. The summed E-state index contributed by atoms with van der Waals surface area (Å²) in [5, 5.41) is 12.2. The fourth-order valence-corrected chi connectivity index (χ4v) is 3.63. The minimum Gasteiger partial charge on any atom is -0.444 e. The van der Waals surface area contributed by atoms with E-state index >= 15 is 0 Å². The van der Waals surface area contributed by atoms with E-state index in [1.165, 1.54) is 16.3 Å². The van der Waals surface area contributed by atoms with Crippen LogP contribution in [0, 0.1) is 11.7 Å². The third-order valence-corrected chi connectivity index (χ3v) is 5.26. The Bertz CT molecular complexity index is 803. The molecule has 1 unspecified atom stereocenters. The quantitative estimate of drug-likeness (QED) is 0.588. The molecule has 2 rings (SSSR count). The van der Waals surface area contributed by atoms with Crippen LogP contribution < -0.4 is 5.32 Å². The zero-order valence-electron chi connectivity index (χ0n) is 16.6. The molecule has 1 heterocycles. The van der Waals surface area contributed by atoms with Gasteiger partial charge in [-0.05, 0) is 51.7 Å². The van der Waals surface area contributed by atoms with Gasteiger partial charge in [-0.1, -0.05) is 15.9 Å². The molecule has 168 valence electrons. The van der Waals surface area contributed by atoms with Gasteiger partial charge < -0.3 is 20.1 Å². The second-order valence-electron chi connectivity index (χ2n) is 8.02. The Morgan fingerprint density at radius 2 is 1.80 bits per heavy atom. The number of piperidine rings is 1. The number of alkyl halides is 3. The number of nitrogens with one attached hydrogen (secondary N) is 1. The summed E-state index contributed by atoms with van der Waals surface area (Å²) >= 11 is 3.10. The number of hydrogen-bond acceptors (Lipinski definition) is 4. The standard InChI is InChI=1S/C19H23BrF4N2O4/c1-18(2,3)30-17(29)26-8-6-10(7-9-26)15(27)13-11(20)4-5-12(14(13)21)25-16(28)19(22,23)24/h4-5,10,15,27H,6-9H2,1-3H3,(H,25,28). The molecule has 0 aromatic heterocycles. The van der Waals surface area contributed by atoms with E-state index in [9.17, 15) is 32.3 Å². The Balaban J connectivity index is 2.12. The summed E-state index contributed by atoms with van der Waals surface area (Å²) in [5.41, 5.74) is -1.57. The average Bonchev–Trinajstić information content (AvgIpc) is 2.62. The van der Waals surface area contributed by atoms with Gasteiger partial charge in [0.1, 0.15) is 5.60 Å². The van der Waals surface area contributed by atoms with E-state index in [0.717, 1.165) is 6.07 Å². The summed E-state index contributed by atoms with van der Waals surface area (Å²) in [6, 6.07) is 2.23. The Hall–Kier alpha value is -1.88. The zero-order chi connectivity index (χ0) is 22.9. The predicted molar refractivity (Wildman–Crippen MR) is 104 cm³/mol. The molecule has 1 saturated heterocycles. The molecule has 0 radical (unpaired) electrons. The summed E-state index contributed by atoms with van der Waals surface area (Å²) in [6.07, 6.45) is -6.33. The Labute approximate surface area is 179 Å². The Morgan fingerprint density at radius 3 is 2.30 bits per heavy atom. The number of likely N-dealkylation sites (tertiary alicyclic amines) is 1. The molecule has 0 saturated carbocycles. The number of benzene rings is 1. The van der Waals surface area contributed by atoms with Crippen molar-refractivity contribution in [1.82, 2.24) is 4.90 Å². The number of rotatable bonds is 3. The number of nitrogens with zero attached hydrogens (tertiary/aromatic N) is 1. The smallest absolute Gasteiger partial charge is 0.444 e. The first-order chi connectivity index (χ1) is 13.7. The van der Waals surface area contributed by atoms with Gasteiger partial charge in [0.2, 0.25) is 0 Å². The molecule has 2 amide bonds. The van der Waals surface area contributed by atoms with Crippen LogP contribution >= 0.6 is 15.9 Å². The van der Waals surface area contributed by atoms with Gasteiger partial charge in [0.15, 0.2) is 5.82 Å². The van der Waals surface area contributed by atoms with Crippen LogP contribution in [0.15, 0.2) is 16.6 Å². The fraction of sp³-hybridized carbons (Fsp3) is 0.579. The summed E-state index contributed by atoms with van der Waals surface area (Å²) in [6.45, 7) is 5.78. The van der Waals surface area contributed by atoms with Crippen LogP contribution in [-0.4, -0.2) is 46.9 Å². The second-order valence-corrected chi connectivity index (χ2v) is 8.88. The highest BCUT2D eigenvalue weighted by Gasteiger charge is 2.40. The number of aliphatic hydroxyl groups excluding tert-OH is 1. The van der Waals surface area contributed by atoms with Gasteiger partial charge in [-0.15, -0.1) is 0 Å². The number of amides is 2. The van der Waals surface area contributed by atoms with Gasteiger partial charge in [0.25, 0.3) is 0 Å². The van der Waals surface area contributed by atoms with Crippen molar-refractivity contribution in [2.24, 2.45) is 5.92 Å². The average molecular weight is 499 g/mol. The first-order valence-corrected chi connectivity index (χ1v) is 10.0. The van der Waals surface area contributed by atoms with Crippen molar-refractivity contribution in [1.29, 1.82) is 0 Å². The zero-order valence-corrected chi connectivity index (χ0v) is 18.2. The third kappa shape index (κ3) is 6.07. The van der Waals surface area contributed by atoms with Crippen LogP contribution in [0.4, 0.5) is 28.0 Å². The number of carbonyl (C=O) groups is 2. The van der Waals surface area contributed by atoms with E-state index in [0.29, 0.717) is 12.8 Å². The van der Waals surface area contributed by atoms with Crippen molar-refractivity contribution in [3.63, 3.8) is 0 Å². The monoisotopic (exact) mass is 498 g/mol. The van der Waals surface area contributed by atoms with Crippen LogP contribution in [0.1, 0.15) is 45.3 Å². The minimum absolute atomic E-state index is 0.159. The number of halogens is 5. The molecule has 1 aliphatic rings. The van der Waals surface area contributed by atoms with Crippen LogP contribution in [0.2, 0.25) is 0 Å². The van der Waals surface area contributed by atoms with E-state index in [4.69, 9.17) is 4.74 Å². The van der Waals surface area contributed by atoms with Crippen LogP contribution in [0.25, 0.3) is 0 Å². The first-order valence-electron chi connectivity index (χ1n) is 9.22.